The van der Waals surface area contributed by atoms with Crippen LogP contribution in [0, 0.1) is 51.1 Å². The molecule has 118 valence electrons. The quantitative estimate of drug-likeness (QED) is 0.857. The Hall–Kier alpha value is -3.10. The van der Waals surface area contributed by atoms with Gasteiger partial charge in [-0.25, -0.2) is 4.39 Å². The molecular formula is C19H15FN4. The lowest BCUT2D eigenvalue weighted by molar-refractivity contribution is 0.317. The van der Waals surface area contributed by atoms with Crippen LogP contribution in [0.25, 0.3) is 0 Å². The zero-order valence-corrected chi connectivity index (χ0v) is 13.0. The molecule has 0 amide bonds. The van der Waals surface area contributed by atoms with Gasteiger partial charge in [-0.2, -0.15) is 15.8 Å². The van der Waals surface area contributed by atoms with Crippen LogP contribution in [0.15, 0.2) is 47.2 Å². The highest BCUT2D eigenvalue weighted by Crippen LogP contribution is 2.55. The summed E-state index contributed by atoms with van der Waals surface area (Å²) in [5, 5.41) is 29.1. The van der Waals surface area contributed by atoms with E-state index in [0.717, 1.165) is 24.8 Å². The van der Waals surface area contributed by atoms with E-state index in [9.17, 15) is 20.2 Å². The first kappa shape index (κ1) is 15.8. The summed E-state index contributed by atoms with van der Waals surface area (Å²) in [6.45, 7) is 0. The fourth-order valence-corrected chi connectivity index (χ4v) is 3.92. The van der Waals surface area contributed by atoms with E-state index in [0.29, 0.717) is 5.56 Å². The van der Waals surface area contributed by atoms with E-state index in [4.69, 9.17) is 5.73 Å². The van der Waals surface area contributed by atoms with Crippen LogP contribution in [0.4, 0.5) is 4.39 Å². The summed E-state index contributed by atoms with van der Waals surface area (Å²) in [5.41, 5.74) is 6.30. The lowest BCUT2D eigenvalue weighted by Crippen LogP contribution is -2.42. The lowest BCUT2D eigenvalue weighted by atomic mass is 9.57. The van der Waals surface area contributed by atoms with Crippen LogP contribution in [0.5, 0.6) is 0 Å². The number of nitriles is 3. The van der Waals surface area contributed by atoms with Gasteiger partial charge in [0.1, 0.15) is 11.9 Å². The molecule has 0 unspecified atom stereocenters. The number of hydrogen-bond donors (Lipinski definition) is 1. The van der Waals surface area contributed by atoms with Gasteiger partial charge in [-0.15, -0.1) is 0 Å². The van der Waals surface area contributed by atoms with Crippen molar-refractivity contribution in [2.24, 2.45) is 17.1 Å². The van der Waals surface area contributed by atoms with Gasteiger partial charge in [0.05, 0.1) is 23.4 Å². The predicted octanol–water partition coefficient (Wildman–Crippen LogP) is 3.42. The standard InChI is InChI=1S/C19H15FN4/c20-13-7-5-12(6-8-13)17-15-4-2-1-3-14(15)16(9-21)18(24)19(17,10-22)11-23/h3,5-8,15,17H,1-2,4,24H2/t15-,17+/m1/s1. The van der Waals surface area contributed by atoms with Crippen molar-refractivity contribution >= 4 is 0 Å². The number of halogens is 1. The molecule has 2 aliphatic carbocycles. The fraction of sp³-hybridized carbons (Fsp3) is 0.316. The second-order valence-electron chi connectivity index (χ2n) is 6.16. The van der Waals surface area contributed by atoms with Crippen LogP contribution in [-0.2, 0) is 0 Å². The highest BCUT2D eigenvalue weighted by molar-refractivity contribution is 5.59. The fourth-order valence-electron chi connectivity index (χ4n) is 3.92. The van der Waals surface area contributed by atoms with E-state index in [2.05, 4.69) is 18.2 Å². The maximum absolute atomic E-state index is 13.3. The van der Waals surface area contributed by atoms with Gasteiger partial charge in [-0.3, -0.25) is 0 Å². The van der Waals surface area contributed by atoms with E-state index in [-0.39, 0.29) is 23.0 Å². The number of nitrogens with two attached hydrogens (primary N) is 1. The topological polar surface area (TPSA) is 97.4 Å². The molecule has 5 heteroatoms. The number of allylic oxidation sites excluding steroid dienone is 4. The normalized spacial score (nSPS) is 24.8. The number of benzene rings is 1. The first-order valence-corrected chi connectivity index (χ1v) is 7.77. The summed E-state index contributed by atoms with van der Waals surface area (Å²) in [4.78, 5) is 0. The van der Waals surface area contributed by atoms with Crippen LogP contribution in [-0.4, -0.2) is 0 Å². The molecule has 24 heavy (non-hydrogen) atoms. The molecule has 1 aromatic carbocycles. The molecule has 4 nitrogen and oxygen atoms in total. The van der Waals surface area contributed by atoms with Gasteiger partial charge in [0, 0.05) is 5.92 Å². The molecule has 0 heterocycles. The molecule has 2 aliphatic rings. The van der Waals surface area contributed by atoms with Gasteiger partial charge < -0.3 is 5.73 Å². The Morgan fingerprint density at radius 2 is 1.79 bits per heavy atom. The molecule has 0 aliphatic heterocycles. The van der Waals surface area contributed by atoms with Crippen molar-refractivity contribution < 1.29 is 4.39 Å². The highest BCUT2D eigenvalue weighted by Gasteiger charge is 2.53. The van der Waals surface area contributed by atoms with Gasteiger partial charge in [0.25, 0.3) is 0 Å². The molecule has 2 atom stereocenters. The zero-order chi connectivity index (χ0) is 17.3. The summed E-state index contributed by atoms with van der Waals surface area (Å²) < 4.78 is 13.3. The molecule has 2 N–H and O–H groups in total. The third kappa shape index (κ3) is 2.08. The van der Waals surface area contributed by atoms with E-state index in [1.54, 1.807) is 12.1 Å². The van der Waals surface area contributed by atoms with Crippen molar-refractivity contribution in [2.45, 2.75) is 25.2 Å². The molecular weight excluding hydrogens is 303 g/mol. The summed E-state index contributed by atoms with van der Waals surface area (Å²) in [6, 6.07) is 12.0. The molecule has 0 spiro atoms. The summed E-state index contributed by atoms with van der Waals surface area (Å²) >= 11 is 0. The molecule has 1 aromatic rings. The van der Waals surface area contributed by atoms with E-state index in [1.807, 2.05) is 6.08 Å². The molecule has 0 fully saturated rings. The van der Waals surface area contributed by atoms with Gasteiger partial charge >= 0.3 is 0 Å². The Bertz CT molecular complexity index is 845. The van der Waals surface area contributed by atoms with Crippen LogP contribution in [0.2, 0.25) is 0 Å². The number of rotatable bonds is 1. The molecule has 0 radical (unpaired) electrons. The molecule has 0 saturated heterocycles. The summed E-state index contributed by atoms with van der Waals surface area (Å²) in [6.07, 6.45) is 4.50. The first-order valence-electron chi connectivity index (χ1n) is 7.77. The van der Waals surface area contributed by atoms with Crippen molar-refractivity contribution in [3.05, 3.63) is 58.6 Å². The predicted molar refractivity (Wildman–Crippen MR) is 85.1 cm³/mol. The van der Waals surface area contributed by atoms with Crippen molar-refractivity contribution in [1.29, 1.82) is 15.8 Å². The second kappa shape index (κ2) is 5.84. The Morgan fingerprint density at radius 3 is 2.38 bits per heavy atom. The molecule has 0 bridgehead atoms. The Kier molecular flexibility index (Phi) is 3.84. The molecule has 0 saturated carbocycles. The molecule has 0 aromatic heterocycles. The van der Waals surface area contributed by atoms with Crippen LogP contribution in [0.1, 0.15) is 30.7 Å². The Balaban J connectivity index is 2.31. The number of hydrogen-bond acceptors (Lipinski definition) is 4. The lowest BCUT2D eigenvalue weighted by Gasteiger charge is -2.43. The van der Waals surface area contributed by atoms with Gasteiger partial charge in [-0.1, -0.05) is 18.2 Å². The monoisotopic (exact) mass is 318 g/mol. The smallest absolute Gasteiger partial charge is 0.191 e. The van der Waals surface area contributed by atoms with Crippen molar-refractivity contribution in [3.8, 4) is 18.2 Å². The zero-order valence-electron chi connectivity index (χ0n) is 13.0. The SMILES string of the molecule is N#CC1=C(N)C(C#N)(C#N)[C@@H](c2ccc(F)cc2)[C@@H]2CCCC=C12. The van der Waals surface area contributed by atoms with Crippen molar-refractivity contribution in [3.63, 3.8) is 0 Å². The maximum atomic E-state index is 13.3. The minimum absolute atomic E-state index is 0.00808. The van der Waals surface area contributed by atoms with Crippen molar-refractivity contribution in [2.75, 3.05) is 0 Å². The number of fused-ring (bicyclic) bond motifs is 1. The minimum atomic E-state index is -1.62. The maximum Gasteiger partial charge on any atom is 0.191 e. The minimum Gasteiger partial charge on any atom is -0.399 e. The summed E-state index contributed by atoms with van der Waals surface area (Å²) in [5.74, 6) is -1.04. The Morgan fingerprint density at radius 1 is 1.12 bits per heavy atom. The average molecular weight is 318 g/mol. The third-order valence-electron chi connectivity index (χ3n) is 5.03. The van der Waals surface area contributed by atoms with Crippen LogP contribution < -0.4 is 5.73 Å². The van der Waals surface area contributed by atoms with E-state index >= 15 is 0 Å². The largest absolute Gasteiger partial charge is 0.399 e. The second-order valence-corrected chi connectivity index (χ2v) is 6.16. The van der Waals surface area contributed by atoms with Gasteiger partial charge in [0.2, 0.25) is 0 Å². The van der Waals surface area contributed by atoms with E-state index < -0.39 is 11.3 Å². The highest BCUT2D eigenvalue weighted by atomic mass is 19.1. The summed E-state index contributed by atoms with van der Waals surface area (Å²) in [7, 11) is 0. The third-order valence-corrected chi connectivity index (χ3v) is 5.03. The molecule has 3 rings (SSSR count). The van der Waals surface area contributed by atoms with Crippen LogP contribution >= 0.6 is 0 Å². The van der Waals surface area contributed by atoms with Crippen LogP contribution in [0.3, 0.4) is 0 Å². The average Bonchev–Trinajstić information content (AvgIpc) is 2.62. The van der Waals surface area contributed by atoms with Crippen molar-refractivity contribution in [1.82, 2.24) is 0 Å². The van der Waals surface area contributed by atoms with E-state index in [1.165, 1.54) is 12.1 Å². The number of nitrogens with zero attached hydrogens (tertiary/aromatic N) is 3. The Labute approximate surface area is 139 Å². The van der Waals surface area contributed by atoms with Gasteiger partial charge in [0.15, 0.2) is 5.41 Å². The van der Waals surface area contributed by atoms with Gasteiger partial charge in [-0.05, 0) is 48.4 Å². The first-order chi connectivity index (χ1) is 11.6.